The van der Waals surface area contributed by atoms with Crippen LogP contribution in [-0.4, -0.2) is 49.9 Å². The van der Waals surface area contributed by atoms with E-state index in [0.717, 1.165) is 18.8 Å². The van der Waals surface area contributed by atoms with Crippen LogP contribution in [0.3, 0.4) is 0 Å². The number of likely N-dealkylation sites (N-methyl/N-ethyl adjacent to an activating group) is 1. The molecule has 2 aliphatic rings. The standard InChI is InChI=1S/C15H19N3O2/c1-17(12-5-3-2-4-6-12)14(19)10-18-8-11-7-16-15(20)13(11)9-18/h2-6,11,13H,7-10H2,1H3,(H,16,20)/t11-,13+/m0/s1. The second kappa shape index (κ2) is 5.25. The highest BCUT2D eigenvalue weighted by atomic mass is 16.2. The van der Waals surface area contributed by atoms with E-state index in [2.05, 4.69) is 10.2 Å². The highest BCUT2D eigenvalue weighted by Crippen LogP contribution is 2.27. The zero-order valence-corrected chi connectivity index (χ0v) is 11.6. The first-order chi connectivity index (χ1) is 9.65. The Morgan fingerprint density at radius 1 is 1.35 bits per heavy atom. The Morgan fingerprint density at radius 2 is 2.10 bits per heavy atom. The highest BCUT2D eigenvalue weighted by Gasteiger charge is 2.42. The number of carbonyl (C=O) groups is 2. The quantitative estimate of drug-likeness (QED) is 0.863. The lowest BCUT2D eigenvalue weighted by molar-refractivity contribution is -0.123. The van der Waals surface area contributed by atoms with E-state index in [9.17, 15) is 9.59 Å². The molecule has 5 nitrogen and oxygen atoms in total. The number of rotatable bonds is 3. The summed E-state index contributed by atoms with van der Waals surface area (Å²) in [5.41, 5.74) is 0.898. The lowest BCUT2D eigenvalue weighted by Crippen LogP contribution is -2.39. The maximum atomic E-state index is 12.3. The van der Waals surface area contributed by atoms with Crippen LogP contribution in [-0.2, 0) is 9.59 Å². The van der Waals surface area contributed by atoms with Crippen LogP contribution in [0.5, 0.6) is 0 Å². The molecule has 0 bridgehead atoms. The molecule has 106 valence electrons. The molecule has 2 amide bonds. The maximum absolute atomic E-state index is 12.3. The van der Waals surface area contributed by atoms with Gasteiger partial charge in [0.1, 0.15) is 0 Å². The summed E-state index contributed by atoms with van der Waals surface area (Å²) < 4.78 is 0. The second-order valence-electron chi connectivity index (χ2n) is 5.59. The van der Waals surface area contributed by atoms with Gasteiger partial charge in [0, 0.05) is 38.3 Å². The maximum Gasteiger partial charge on any atom is 0.240 e. The SMILES string of the molecule is CN(C(=O)CN1C[C@@H]2CNC(=O)[C@@H]2C1)c1ccccc1. The van der Waals surface area contributed by atoms with E-state index in [1.807, 2.05) is 30.3 Å². The molecule has 0 aromatic heterocycles. The molecule has 1 aromatic carbocycles. The number of amides is 2. The monoisotopic (exact) mass is 273 g/mol. The molecule has 3 rings (SSSR count). The van der Waals surface area contributed by atoms with Crippen molar-refractivity contribution in [2.75, 3.05) is 38.1 Å². The summed E-state index contributed by atoms with van der Waals surface area (Å²) in [6.07, 6.45) is 0. The summed E-state index contributed by atoms with van der Waals surface area (Å²) in [5.74, 6) is 0.653. The van der Waals surface area contributed by atoms with Gasteiger partial charge in [-0.25, -0.2) is 0 Å². The molecule has 5 heteroatoms. The van der Waals surface area contributed by atoms with Gasteiger partial charge in [0.15, 0.2) is 0 Å². The molecular weight excluding hydrogens is 254 g/mol. The number of carbonyl (C=O) groups excluding carboxylic acids is 2. The first-order valence-corrected chi connectivity index (χ1v) is 6.97. The fraction of sp³-hybridized carbons (Fsp3) is 0.467. The minimum atomic E-state index is 0.0663. The third-order valence-electron chi connectivity index (χ3n) is 4.27. The number of hydrogen-bond acceptors (Lipinski definition) is 3. The van der Waals surface area contributed by atoms with Gasteiger partial charge in [0.2, 0.25) is 11.8 Å². The van der Waals surface area contributed by atoms with Crippen molar-refractivity contribution in [2.24, 2.45) is 11.8 Å². The number of nitrogens with one attached hydrogen (secondary N) is 1. The number of likely N-dealkylation sites (tertiary alicyclic amines) is 1. The van der Waals surface area contributed by atoms with E-state index in [-0.39, 0.29) is 17.7 Å². The van der Waals surface area contributed by atoms with Crippen molar-refractivity contribution in [3.8, 4) is 0 Å². The molecule has 1 N–H and O–H groups in total. The molecule has 2 saturated heterocycles. The predicted molar refractivity (Wildman–Crippen MR) is 76.3 cm³/mol. The highest BCUT2D eigenvalue weighted by molar-refractivity contribution is 5.94. The Balaban J connectivity index is 1.59. The van der Waals surface area contributed by atoms with Crippen molar-refractivity contribution in [1.29, 1.82) is 0 Å². The lowest BCUT2D eigenvalue weighted by atomic mass is 10.0. The molecule has 0 radical (unpaired) electrons. The number of para-hydroxylation sites is 1. The van der Waals surface area contributed by atoms with Crippen LogP contribution in [0.1, 0.15) is 0 Å². The molecule has 0 spiro atoms. The van der Waals surface area contributed by atoms with Crippen molar-refractivity contribution >= 4 is 17.5 Å². The Kier molecular flexibility index (Phi) is 3.44. The lowest BCUT2D eigenvalue weighted by Gasteiger charge is -2.22. The normalized spacial score (nSPS) is 25.4. The summed E-state index contributed by atoms with van der Waals surface area (Å²) in [7, 11) is 1.79. The second-order valence-corrected chi connectivity index (χ2v) is 5.59. The number of benzene rings is 1. The van der Waals surface area contributed by atoms with E-state index in [4.69, 9.17) is 0 Å². The fourth-order valence-corrected chi connectivity index (χ4v) is 3.05. The van der Waals surface area contributed by atoms with Crippen molar-refractivity contribution in [3.63, 3.8) is 0 Å². The molecule has 0 aliphatic carbocycles. The average molecular weight is 273 g/mol. The number of nitrogens with zero attached hydrogens (tertiary/aromatic N) is 2. The van der Waals surface area contributed by atoms with Crippen LogP contribution in [0, 0.1) is 11.8 Å². The van der Waals surface area contributed by atoms with E-state index < -0.39 is 0 Å². The van der Waals surface area contributed by atoms with E-state index in [0.29, 0.717) is 19.0 Å². The molecular formula is C15H19N3O2. The van der Waals surface area contributed by atoms with Gasteiger partial charge in [0.05, 0.1) is 12.5 Å². The van der Waals surface area contributed by atoms with Gasteiger partial charge in [-0.3, -0.25) is 14.5 Å². The van der Waals surface area contributed by atoms with Crippen LogP contribution in [0.4, 0.5) is 5.69 Å². The Morgan fingerprint density at radius 3 is 2.80 bits per heavy atom. The molecule has 20 heavy (non-hydrogen) atoms. The van der Waals surface area contributed by atoms with Crippen molar-refractivity contribution in [3.05, 3.63) is 30.3 Å². The van der Waals surface area contributed by atoms with Gasteiger partial charge >= 0.3 is 0 Å². The summed E-state index contributed by atoms with van der Waals surface area (Å²) in [6, 6.07) is 9.61. The summed E-state index contributed by atoms with van der Waals surface area (Å²) >= 11 is 0. The van der Waals surface area contributed by atoms with Gasteiger partial charge in [-0.05, 0) is 12.1 Å². The van der Waals surface area contributed by atoms with Crippen LogP contribution in [0.2, 0.25) is 0 Å². The number of fused-ring (bicyclic) bond motifs is 1. The van der Waals surface area contributed by atoms with Crippen molar-refractivity contribution < 1.29 is 9.59 Å². The number of anilines is 1. The average Bonchev–Trinajstić information content (AvgIpc) is 3.01. The van der Waals surface area contributed by atoms with Gasteiger partial charge in [-0.15, -0.1) is 0 Å². The summed E-state index contributed by atoms with van der Waals surface area (Å²) in [4.78, 5) is 27.7. The van der Waals surface area contributed by atoms with E-state index in [1.54, 1.807) is 11.9 Å². The van der Waals surface area contributed by atoms with Crippen molar-refractivity contribution in [2.45, 2.75) is 0 Å². The molecule has 0 saturated carbocycles. The van der Waals surface area contributed by atoms with Crippen LogP contribution >= 0.6 is 0 Å². The molecule has 2 heterocycles. The van der Waals surface area contributed by atoms with Gasteiger partial charge < -0.3 is 10.2 Å². The smallest absolute Gasteiger partial charge is 0.240 e. The third-order valence-corrected chi connectivity index (χ3v) is 4.27. The Bertz CT molecular complexity index is 517. The van der Waals surface area contributed by atoms with Gasteiger partial charge in [-0.2, -0.15) is 0 Å². The third kappa shape index (κ3) is 2.41. The minimum absolute atomic E-state index is 0.0663. The van der Waals surface area contributed by atoms with E-state index in [1.165, 1.54) is 0 Å². The van der Waals surface area contributed by atoms with Crippen LogP contribution < -0.4 is 10.2 Å². The first kappa shape index (κ1) is 13.1. The largest absolute Gasteiger partial charge is 0.355 e. The fourth-order valence-electron chi connectivity index (χ4n) is 3.05. The molecule has 1 aromatic rings. The van der Waals surface area contributed by atoms with E-state index >= 15 is 0 Å². The molecule has 2 atom stereocenters. The van der Waals surface area contributed by atoms with Gasteiger partial charge in [-0.1, -0.05) is 18.2 Å². The van der Waals surface area contributed by atoms with Crippen LogP contribution in [0.15, 0.2) is 30.3 Å². The molecule has 2 aliphatic heterocycles. The summed E-state index contributed by atoms with van der Waals surface area (Å²) in [6.45, 7) is 2.66. The minimum Gasteiger partial charge on any atom is -0.355 e. The Hall–Kier alpha value is -1.88. The Labute approximate surface area is 118 Å². The van der Waals surface area contributed by atoms with Gasteiger partial charge in [0.25, 0.3) is 0 Å². The number of hydrogen-bond donors (Lipinski definition) is 1. The van der Waals surface area contributed by atoms with Crippen molar-refractivity contribution in [1.82, 2.24) is 10.2 Å². The molecule has 0 unspecified atom stereocenters. The summed E-state index contributed by atoms with van der Waals surface area (Å²) in [5, 5.41) is 2.88. The van der Waals surface area contributed by atoms with Crippen LogP contribution in [0.25, 0.3) is 0 Å². The topological polar surface area (TPSA) is 52.7 Å². The first-order valence-electron chi connectivity index (χ1n) is 6.97. The predicted octanol–water partition coefficient (Wildman–Crippen LogP) is 0.327. The molecule has 2 fully saturated rings. The zero-order valence-electron chi connectivity index (χ0n) is 11.6. The zero-order chi connectivity index (χ0) is 14.1.